The Hall–Kier alpha value is -2.77. The Morgan fingerprint density at radius 3 is 2.49 bits per heavy atom. The van der Waals surface area contributed by atoms with Crippen molar-refractivity contribution < 1.29 is 23.4 Å². The number of ether oxygens (including phenoxy) is 3. The number of carbonyl (C=O) groups excluding carboxylic acids is 1. The number of aromatic nitrogens is 1. The van der Waals surface area contributed by atoms with E-state index in [1.807, 2.05) is 60.6 Å². The Kier molecular flexibility index (Phi) is 8.02. The lowest BCUT2D eigenvalue weighted by Crippen LogP contribution is -2.45. The average molecular weight is 486 g/mol. The number of esters is 1. The van der Waals surface area contributed by atoms with Gasteiger partial charge < -0.3 is 19.2 Å². The molecule has 0 saturated carbocycles. The van der Waals surface area contributed by atoms with E-state index >= 15 is 0 Å². The number of rotatable bonds is 6. The summed E-state index contributed by atoms with van der Waals surface area (Å²) in [5.41, 5.74) is 2.00. The lowest BCUT2D eigenvalue weighted by atomic mass is 9.91. The van der Waals surface area contributed by atoms with Crippen molar-refractivity contribution in [1.29, 1.82) is 0 Å². The lowest BCUT2D eigenvalue weighted by molar-refractivity contribution is -0.290. The normalized spacial score (nSPS) is 20.4. The van der Waals surface area contributed by atoms with Gasteiger partial charge in [0.05, 0.1) is 24.2 Å². The van der Waals surface area contributed by atoms with E-state index in [1.165, 1.54) is 12.1 Å². The summed E-state index contributed by atoms with van der Waals surface area (Å²) in [6.07, 6.45) is 5.39. The van der Waals surface area contributed by atoms with Crippen molar-refractivity contribution >= 4 is 12.0 Å². The third-order valence-electron chi connectivity index (χ3n) is 5.59. The van der Waals surface area contributed by atoms with Crippen molar-refractivity contribution in [3.63, 3.8) is 0 Å². The Labute approximate surface area is 206 Å². The van der Waals surface area contributed by atoms with Gasteiger partial charge in [0.15, 0.2) is 5.79 Å². The number of nitrogens with one attached hydrogen (secondary N) is 1. The van der Waals surface area contributed by atoms with Crippen molar-refractivity contribution in [2.75, 3.05) is 0 Å². The van der Waals surface area contributed by atoms with E-state index in [0.29, 0.717) is 17.5 Å². The number of pyridine rings is 1. The van der Waals surface area contributed by atoms with Gasteiger partial charge in [0.25, 0.3) is 5.56 Å². The molecule has 2 atom stereocenters. The summed E-state index contributed by atoms with van der Waals surface area (Å²) in [6.45, 7) is 13.2. The molecule has 190 valence electrons. The number of aromatic amines is 1. The second-order valence-electron chi connectivity index (χ2n) is 10.7. The maximum absolute atomic E-state index is 13.5. The molecule has 0 unspecified atom stereocenters. The third-order valence-corrected chi connectivity index (χ3v) is 5.59. The summed E-state index contributed by atoms with van der Waals surface area (Å²) in [5, 5.41) is 0. The van der Waals surface area contributed by atoms with E-state index in [4.69, 9.17) is 14.2 Å². The van der Waals surface area contributed by atoms with Crippen LogP contribution in [0.5, 0.6) is 0 Å². The fourth-order valence-electron chi connectivity index (χ4n) is 4.28. The van der Waals surface area contributed by atoms with Gasteiger partial charge in [-0.1, -0.05) is 38.1 Å². The van der Waals surface area contributed by atoms with Crippen LogP contribution in [0.2, 0.25) is 0 Å². The number of hydrogen-bond donors (Lipinski definition) is 1. The lowest BCUT2D eigenvalue weighted by Gasteiger charge is -2.39. The topological polar surface area (TPSA) is 77.6 Å². The molecule has 0 aliphatic carbocycles. The number of benzene rings is 1. The molecule has 0 radical (unpaired) electrons. The van der Waals surface area contributed by atoms with Gasteiger partial charge in [0.2, 0.25) is 0 Å². The predicted octanol–water partition coefficient (Wildman–Crippen LogP) is 5.96. The summed E-state index contributed by atoms with van der Waals surface area (Å²) in [7, 11) is 0. The van der Waals surface area contributed by atoms with E-state index < -0.39 is 11.4 Å². The number of carbonyl (C=O) groups is 1. The molecule has 2 aromatic rings. The molecule has 1 saturated heterocycles. The second kappa shape index (κ2) is 10.5. The minimum absolute atomic E-state index is 0.122. The Balaban J connectivity index is 1.92. The summed E-state index contributed by atoms with van der Waals surface area (Å²) in [5.74, 6) is -1.44. The molecule has 35 heavy (non-hydrogen) atoms. The summed E-state index contributed by atoms with van der Waals surface area (Å²) in [4.78, 5) is 28.1. The van der Waals surface area contributed by atoms with Crippen LogP contribution in [0, 0.1) is 5.82 Å². The van der Waals surface area contributed by atoms with Crippen LogP contribution in [0.4, 0.5) is 4.39 Å². The molecule has 0 bridgehead atoms. The fourth-order valence-corrected chi connectivity index (χ4v) is 4.28. The summed E-state index contributed by atoms with van der Waals surface area (Å²) < 4.78 is 31.1. The van der Waals surface area contributed by atoms with E-state index in [-0.39, 0.29) is 41.9 Å². The van der Waals surface area contributed by atoms with Crippen molar-refractivity contribution in [1.82, 2.24) is 4.98 Å². The van der Waals surface area contributed by atoms with E-state index in [0.717, 1.165) is 11.1 Å². The molecule has 2 heterocycles. The van der Waals surface area contributed by atoms with Crippen LogP contribution in [0.1, 0.15) is 78.4 Å². The zero-order chi connectivity index (χ0) is 26.0. The van der Waals surface area contributed by atoms with Crippen molar-refractivity contribution in [2.24, 2.45) is 0 Å². The molecule has 0 spiro atoms. The standard InChI is InChI=1S/C28H36FNO5/c1-17(2)23-16-30-26(32)25(18-8-10-19(29)11-9-18)22(23)13-12-20-14-21(34-28(6,7)33-20)15-24(31)35-27(3,4)5/h8-13,16-17,20-21H,14-15H2,1-7H3,(H,30,32)/b13-12+/t20-,21-/m1/s1. The zero-order valence-electron chi connectivity index (χ0n) is 21.6. The maximum Gasteiger partial charge on any atom is 0.308 e. The Bertz CT molecular complexity index is 1130. The van der Waals surface area contributed by atoms with Crippen molar-refractivity contribution in [2.45, 2.75) is 90.8 Å². The molecule has 1 aliphatic rings. The van der Waals surface area contributed by atoms with Gasteiger partial charge in [0.1, 0.15) is 11.4 Å². The fraction of sp³-hybridized carbons (Fsp3) is 0.500. The Morgan fingerprint density at radius 1 is 1.23 bits per heavy atom. The first-order valence-corrected chi connectivity index (χ1v) is 12.0. The van der Waals surface area contributed by atoms with Crippen LogP contribution in [-0.2, 0) is 19.0 Å². The van der Waals surface area contributed by atoms with Crippen LogP contribution in [0.3, 0.4) is 0 Å². The highest BCUT2D eigenvalue weighted by Gasteiger charge is 2.36. The van der Waals surface area contributed by atoms with Gasteiger partial charge in [0, 0.05) is 12.6 Å². The molecular weight excluding hydrogens is 449 g/mol. The molecule has 0 amide bonds. The molecular formula is C28H36FNO5. The first kappa shape index (κ1) is 26.8. The SMILES string of the molecule is CC(C)c1c[nH]c(=O)c(-c2ccc(F)cc2)c1/C=C/[C@@H]1C[C@H](CC(=O)OC(C)(C)C)OC(C)(C)O1. The van der Waals surface area contributed by atoms with Crippen LogP contribution >= 0.6 is 0 Å². The van der Waals surface area contributed by atoms with Gasteiger partial charge in [-0.25, -0.2) is 4.39 Å². The monoisotopic (exact) mass is 485 g/mol. The average Bonchev–Trinajstić information content (AvgIpc) is 2.70. The minimum atomic E-state index is -0.894. The molecule has 1 aliphatic heterocycles. The smallest absolute Gasteiger partial charge is 0.308 e. The van der Waals surface area contributed by atoms with E-state index in [1.54, 1.807) is 18.3 Å². The van der Waals surface area contributed by atoms with Gasteiger partial charge >= 0.3 is 5.97 Å². The third kappa shape index (κ3) is 7.36. The summed E-state index contributed by atoms with van der Waals surface area (Å²) >= 11 is 0. The van der Waals surface area contributed by atoms with Gasteiger partial charge in [-0.3, -0.25) is 9.59 Å². The van der Waals surface area contributed by atoms with Crippen molar-refractivity contribution in [3.05, 3.63) is 63.8 Å². The molecule has 1 aromatic carbocycles. The molecule has 1 N–H and O–H groups in total. The Morgan fingerprint density at radius 2 is 1.89 bits per heavy atom. The molecule has 7 heteroatoms. The molecule has 1 fully saturated rings. The van der Waals surface area contributed by atoms with E-state index in [2.05, 4.69) is 4.98 Å². The first-order chi connectivity index (χ1) is 16.2. The highest BCUT2D eigenvalue weighted by molar-refractivity contribution is 5.76. The largest absolute Gasteiger partial charge is 0.460 e. The van der Waals surface area contributed by atoms with Crippen LogP contribution in [-0.4, -0.2) is 34.5 Å². The number of hydrogen-bond acceptors (Lipinski definition) is 5. The second-order valence-corrected chi connectivity index (χ2v) is 10.7. The van der Waals surface area contributed by atoms with Crippen LogP contribution in [0.15, 0.2) is 41.3 Å². The quantitative estimate of drug-likeness (QED) is 0.511. The minimum Gasteiger partial charge on any atom is -0.460 e. The molecule has 3 rings (SSSR count). The van der Waals surface area contributed by atoms with Crippen LogP contribution < -0.4 is 5.56 Å². The van der Waals surface area contributed by atoms with E-state index in [9.17, 15) is 14.0 Å². The van der Waals surface area contributed by atoms with Gasteiger partial charge in [-0.15, -0.1) is 0 Å². The van der Waals surface area contributed by atoms with Crippen molar-refractivity contribution in [3.8, 4) is 11.1 Å². The number of halogens is 1. The highest BCUT2D eigenvalue weighted by atomic mass is 19.1. The summed E-state index contributed by atoms with van der Waals surface area (Å²) in [6, 6.07) is 5.89. The van der Waals surface area contributed by atoms with Gasteiger partial charge in [-0.05, 0) is 69.4 Å². The molecule has 1 aromatic heterocycles. The zero-order valence-corrected chi connectivity index (χ0v) is 21.6. The maximum atomic E-state index is 13.5. The number of H-pyrrole nitrogens is 1. The predicted molar refractivity (Wildman–Crippen MR) is 134 cm³/mol. The molecule has 6 nitrogen and oxygen atoms in total. The highest BCUT2D eigenvalue weighted by Crippen LogP contribution is 2.32. The van der Waals surface area contributed by atoms with Crippen LogP contribution in [0.25, 0.3) is 17.2 Å². The first-order valence-electron chi connectivity index (χ1n) is 12.0. The van der Waals surface area contributed by atoms with Gasteiger partial charge in [-0.2, -0.15) is 0 Å².